The van der Waals surface area contributed by atoms with Gasteiger partial charge in [-0.15, -0.1) is 0 Å². The molecule has 0 spiro atoms. The van der Waals surface area contributed by atoms with Gasteiger partial charge in [0.25, 0.3) is 0 Å². The van der Waals surface area contributed by atoms with Crippen LogP contribution in [0.5, 0.6) is 0 Å². The molecule has 0 radical (unpaired) electrons. The van der Waals surface area contributed by atoms with Crippen LogP contribution in [-0.2, 0) is 0 Å². The van der Waals surface area contributed by atoms with E-state index >= 15 is 0 Å². The zero-order chi connectivity index (χ0) is 12.6. The summed E-state index contributed by atoms with van der Waals surface area (Å²) in [6, 6.07) is 3.42. The van der Waals surface area contributed by atoms with E-state index < -0.39 is 4.92 Å². The van der Waals surface area contributed by atoms with E-state index in [0.717, 1.165) is 4.47 Å². The van der Waals surface area contributed by atoms with Gasteiger partial charge >= 0.3 is 5.69 Å². The van der Waals surface area contributed by atoms with Crippen molar-refractivity contribution in [3.8, 4) is 5.82 Å². The SMILES string of the molecule is Cc1nn(-c2ccc(Br)cn2)c(N)c1[N+](=O)[O-]. The highest BCUT2D eigenvalue weighted by Gasteiger charge is 2.23. The molecule has 2 rings (SSSR count). The van der Waals surface area contributed by atoms with Crippen molar-refractivity contribution < 1.29 is 4.92 Å². The molecule has 0 aromatic carbocycles. The molecule has 8 heteroatoms. The average molecular weight is 298 g/mol. The maximum Gasteiger partial charge on any atom is 0.333 e. The molecule has 2 N–H and O–H groups in total. The van der Waals surface area contributed by atoms with Crippen LogP contribution >= 0.6 is 15.9 Å². The predicted molar refractivity (Wildman–Crippen MR) is 64.9 cm³/mol. The van der Waals surface area contributed by atoms with E-state index in [9.17, 15) is 10.1 Å². The van der Waals surface area contributed by atoms with Crippen LogP contribution < -0.4 is 5.73 Å². The van der Waals surface area contributed by atoms with Gasteiger partial charge in [0.1, 0.15) is 5.69 Å². The molecular formula is C9H8BrN5O2. The summed E-state index contributed by atoms with van der Waals surface area (Å²) in [5.41, 5.74) is 5.76. The van der Waals surface area contributed by atoms with Gasteiger partial charge in [-0.2, -0.15) is 9.78 Å². The fraction of sp³-hybridized carbons (Fsp3) is 0.111. The number of aromatic nitrogens is 3. The molecule has 0 fully saturated rings. The third-order valence-corrected chi connectivity index (χ3v) is 2.64. The third-order valence-electron chi connectivity index (χ3n) is 2.17. The van der Waals surface area contributed by atoms with E-state index in [1.807, 2.05) is 0 Å². The fourth-order valence-corrected chi connectivity index (χ4v) is 1.67. The van der Waals surface area contributed by atoms with Crippen LogP contribution in [0.15, 0.2) is 22.8 Å². The maximum absolute atomic E-state index is 10.8. The molecule has 2 aromatic rings. The molecular weight excluding hydrogens is 290 g/mol. The second-order valence-electron chi connectivity index (χ2n) is 3.32. The summed E-state index contributed by atoms with van der Waals surface area (Å²) < 4.78 is 2.05. The van der Waals surface area contributed by atoms with Crippen LogP contribution in [0.2, 0.25) is 0 Å². The molecule has 0 atom stereocenters. The smallest absolute Gasteiger partial charge is 0.333 e. The number of nitrogens with two attached hydrogens (primary N) is 1. The summed E-state index contributed by atoms with van der Waals surface area (Å²) in [4.78, 5) is 14.3. The normalized spacial score (nSPS) is 10.5. The first kappa shape index (κ1) is 11.5. The van der Waals surface area contributed by atoms with Gasteiger partial charge in [0, 0.05) is 10.7 Å². The van der Waals surface area contributed by atoms with E-state index in [2.05, 4.69) is 26.0 Å². The van der Waals surface area contributed by atoms with Crippen LogP contribution in [-0.4, -0.2) is 19.7 Å². The fourth-order valence-electron chi connectivity index (χ4n) is 1.43. The highest BCUT2D eigenvalue weighted by molar-refractivity contribution is 9.10. The van der Waals surface area contributed by atoms with Crippen LogP contribution in [0.25, 0.3) is 5.82 Å². The van der Waals surface area contributed by atoms with Gasteiger partial charge in [0.2, 0.25) is 5.82 Å². The Morgan fingerprint density at radius 1 is 1.53 bits per heavy atom. The first-order valence-corrected chi connectivity index (χ1v) is 5.41. The van der Waals surface area contributed by atoms with Crippen molar-refractivity contribution in [3.05, 3.63) is 38.6 Å². The number of anilines is 1. The number of hydrogen-bond donors (Lipinski definition) is 1. The molecule has 0 aliphatic carbocycles. The quantitative estimate of drug-likeness (QED) is 0.673. The lowest BCUT2D eigenvalue weighted by molar-refractivity contribution is -0.384. The second-order valence-corrected chi connectivity index (χ2v) is 4.24. The molecule has 2 aromatic heterocycles. The molecule has 0 amide bonds. The van der Waals surface area contributed by atoms with E-state index in [4.69, 9.17) is 5.73 Å². The Hall–Kier alpha value is -1.96. The number of nitrogen functional groups attached to an aromatic ring is 1. The number of aryl methyl sites for hydroxylation is 1. The first-order valence-electron chi connectivity index (χ1n) is 4.62. The molecule has 7 nitrogen and oxygen atoms in total. The lowest BCUT2D eigenvalue weighted by Crippen LogP contribution is -2.04. The molecule has 0 saturated carbocycles. The molecule has 0 saturated heterocycles. The van der Waals surface area contributed by atoms with E-state index in [-0.39, 0.29) is 17.2 Å². The van der Waals surface area contributed by atoms with Gasteiger partial charge in [0.15, 0.2) is 5.82 Å². The number of halogens is 1. The molecule has 0 bridgehead atoms. The van der Waals surface area contributed by atoms with Gasteiger partial charge in [-0.1, -0.05) is 0 Å². The van der Waals surface area contributed by atoms with Gasteiger partial charge in [0.05, 0.1) is 4.92 Å². The summed E-state index contributed by atoms with van der Waals surface area (Å²) in [7, 11) is 0. The van der Waals surface area contributed by atoms with Crippen LogP contribution in [0.3, 0.4) is 0 Å². The van der Waals surface area contributed by atoms with E-state index in [1.165, 1.54) is 11.6 Å². The molecule has 0 aliphatic rings. The van der Waals surface area contributed by atoms with E-state index in [1.54, 1.807) is 18.3 Å². The Bertz CT molecular complexity index is 578. The molecule has 2 heterocycles. The summed E-state index contributed by atoms with van der Waals surface area (Å²) in [5.74, 6) is 0.407. The van der Waals surface area contributed by atoms with Gasteiger partial charge in [-0.3, -0.25) is 10.1 Å². The largest absolute Gasteiger partial charge is 0.378 e. The van der Waals surface area contributed by atoms with Crippen molar-refractivity contribution in [1.29, 1.82) is 0 Å². The van der Waals surface area contributed by atoms with Crippen molar-refractivity contribution in [2.75, 3.05) is 5.73 Å². The van der Waals surface area contributed by atoms with Crippen LogP contribution in [0.1, 0.15) is 5.69 Å². The minimum Gasteiger partial charge on any atom is -0.378 e. The number of nitro groups is 1. The minimum absolute atomic E-state index is 0.0256. The predicted octanol–water partition coefficient (Wildman–Crippen LogP) is 1.83. The molecule has 88 valence electrons. The first-order chi connectivity index (χ1) is 8.00. The Balaban J connectivity index is 2.57. The van der Waals surface area contributed by atoms with Crippen molar-refractivity contribution in [2.45, 2.75) is 6.92 Å². The second kappa shape index (κ2) is 4.13. The summed E-state index contributed by atoms with van der Waals surface area (Å²) in [6.07, 6.45) is 1.57. The lowest BCUT2D eigenvalue weighted by atomic mass is 10.4. The summed E-state index contributed by atoms with van der Waals surface area (Å²) in [5, 5.41) is 14.8. The lowest BCUT2D eigenvalue weighted by Gasteiger charge is -2.01. The Kier molecular flexibility index (Phi) is 2.80. The van der Waals surface area contributed by atoms with Gasteiger partial charge in [-0.05, 0) is 35.0 Å². The topological polar surface area (TPSA) is 99.9 Å². The van der Waals surface area contributed by atoms with Gasteiger partial charge in [-0.25, -0.2) is 4.98 Å². The highest BCUT2D eigenvalue weighted by Crippen LogP contribution is 2.27. The molecule has 0 aliphatic heterocycles. The van der Waals surface area contributed by atoms with Crippen LogP contribution in [0, 0.1) is 17.0 Å². The Morgan fingerprint density at radius 3 is 2.71 bits per heavy atom. The number of hydrogen-bond acceptors (Lipinski definition) is 5. The highest BCUT2D eigenvalue weighted by atomic mass is 79.9. The van der Waals surface area contributed by atoms with Crippen molar-refractivity contribution in [1.82, 2.24) is 14.8 Å². The summed E-state index contributed by atoms with van der Waals surface area (Å²) >= 11 is 3.25. The van der Waals surface area contributed by atoms with Crippen molar-refractivity contribution >= 4 is 27.4 Å². The number of nitrogens with zero attached hydrogens (tertiary/aromatic N) is 4. The number of rotatable bonds is 2. The average Bonchev–Trinajstić information content (AvgIpc) is 2.55. The van der Waals surface area contributed by atoms with Gasteiger partial charge < -0.3 is 5.73 Å². The molecule has 17 heavy (non-hydrogen) atoms. The maximum atomic E-state index is 10.8. The zero-order valence-electron chi connectivity index (χ0n) is 8.79. The Labute approximate surface area is 105 Å². The van der Waals surface area contributed by atoms with Crippen molar-refractivity contribution in [3.63, 3.8) is 0 Å². The minimum atomic E-state index is -0.549. The zero-order valence-corrected chi connectivity index (χ0v) is 10.4. The monoisotopic (exact) mass is 297 g/mol. The summed E-state index contributed by atoms with van der Waals surface area (Å²) in [6.45, 7) is 1.53. The van der Waals surface area contributed by atoms with Crippen LogP contribution in [0.4, 0.5) is 11.5 Å². The molecule has 0 unspecified atom stereocenters. The number of pyridine rings is 1. The standard InChI is InChI=1S/C9H8BrN5O2/c1-5-8(15(16)17)9(11)14(13-5)7-3-2-6(10)4-12-7/h2-4H,11H2,1H3. The van der Waals surface area contributed by atoms with Crippen molar-refractivity contribution in [2.24, 2.45) is 0 Å². The van der Waals surface area contributed by atoms with E-state index in [0.29, 0.717) is 5.82 Å². The third kappa shape index (κ3) is 1.98. The Morgan fingerprint density at radius 2 is 2.24 bits per heavy atom.